The number of benzene rings is 2. The summed E-state index contributed by atoms with van der Waals surface area (Å²) in [6, 6.07) is 18.6. The second kappa shape index (κ2) is 8.13. The molecule has 0 aliphatic heterocycles. The van der Waals surface area contributed by atoms with Crippen LogP contribution in [0.2, 0.25) is 19.6 Å². The van der Waals surface area contributed by atoms with Crippen LogP contribution in [0.4, 0.5) is 0 Å². The highest BCUT2D eigenvalue weighted by Crippen LogP contribution is 2.28. The Labute approximate surface area is 172 Å². The van der Waals surface area contributed by atoms with Crippen molar-refractivity contribution in [3.05, 3.63) is 83.0 Å². The minimum atomic E-state index is -1.97. The van der Waals surface area contributed by atoms with E-state index in [1.165, 1.54) is 7.11 Å². The van der Waals surface area contributed by atoms with Gasteiger partial charge >= 0.3 is 5.97 Å². The Bertz CT molecular complexity index is 1070. The molecule has 5 heteroatoms. The van der Waals surface area contributed by atoms with Crippen molar-refractivity contribution in [2.45, 2.75) is 26.6 Å². The van der Waals surface area contributed by atoms with E-state index in [9.17, 15) is 9.59 Å². The lowest BCUT2D eigenvalue weighted by Crippen LogP contribution is -2.44. The van der Waals surface area contributed by atoms with Crippen molar-refractivity contribution in [3.63, 3.8) is 0 Å². The van der Waals surface area contributed by atoms with Crippen LogP contribution in [0.1, 0.15) is 32.0 Å². The third kappa shape index (κ3) is 4.20. The third-order valence-electron chi connectivity index (χ3n) is 4.75. The highest BCUT2D eigenvalue weighted by Gasteiger charge is 2.31. The molecular weight excluding hydrogens is 378 g/mol. The summed E-state index contributed by atoms with van der Waals surface area (Å²) >= 11 is 0. The van der Waals surface area contributed by atoms with Crippen LogP contribution >= 0.6 is 0 Å². The molecule has 3 aromatic rings. The number of ether oxygens (including phenoxy) is 1. The summed E-state index contributed by atoms with van der Waals surface area (Å²) in [4.78, 5) is 30.9. The molecule has 1 aromatic heterocycles. The molecule has 0 bridgehead atoms. The summed E-state index contributed by atoms with van der Waals surface area (Å²) in [6.45, 7) is 8.47. The highest BCUT2D eigenvalue weighted by molar-refractivity contribution is 6.89. The predicted molar refractivity (Wildman–Crippen MR) is 119 cm³/mol. The zero-order valence-corrected chi connectivity index (χ0v) is 18.4. The topological polar surface area (TPSA) is 56.3 Å². The largest absolute Gasteiger partial charge is 0.465 e. The molecule has 3 rings (SSSR count). The molecule has 0 aliphatic rings. The molecule has 2 aromatic carbocycles. The molecule has 0 amide bonds. The van der Waals surface area contributed by atoms with Crippen molar-refractivity contribution >= 4 is 25.1 Å². The molecule has 4 nitrogen and oxygen atoms in total. The van der Waals surface area contributed by atoms with E-state index in [0.717, 1.165) is 22.1 Å². The number of nitrogens with zero attached hydrogens (tertiary/aromatic N) is 1. The second-order valence-electron chi connectivity index (χ2n) is 8.02. The van der Waals surface area contributed by atoms with Crippen LogP contribution in [0.5, 0.6) is 0 Å². The molecule has 0 fully saturated rings. The van der Waals surface area contributed by atoms with Crippen molar-refractivity contribution in [2.75, 3.05) is 7.11 Å². The molecule has 0 atom stereocenters. The van der Waals surface area contributed by atoms with E-state index < -0.39 is 14.0 Å². The maximum atomic E-state index is 13.8. The number of ketones is 1. The predicted octanol–water partition coefficient (Wildman–Crippen LogP) is 4.62. The zero-order chi connectivity index (χ0) is 21.2. The quantitative estimate of drug-likeness (QED) is 0.354. The number of carbonyl (C=O) groups excluding carboxylic acids is 2. The van der Waals surface area contributed by atoms with E-state index in [2.05, 4.69) is 19.6 Å². The van der Waals surface area contributed by atoms with Gasteiger partial charge in [-0.3, -0.25) is 9.78 Å². The van der Waals surface area contributed by atoms with Gasteiger partial charge in [0, 0.05) is 22.1 Å². The van der Waals surface area contributed by atoms with Gasteiger partial charge in [-0.25, -0.2) is 4.79 Å². The van der Waals surface area contributed by atoms with E-state index >= 15 is 0 Å². The van der Waals surface area contributed by atoms with Crippen LogP contribution in [0.3, 0.4) is 0 Å². The maximum absolute atomic E-state index is 13.8. The van der Waals surface area contributed by atoms with E-state index in [0.29, 0.717) is 11.1 Å². The van der Waals surface area contributed by atoms with E-state index in [1.807, 2.05) is 43.3 Å². The molecule has 0 radical (unpaired) electrons. The zero-order valence-electron chi connectivity index (χ0n) is 17.4. The monoisotopic (exact) mass is 403 g/mol. The summed E-state index contributed by atoms with van der Waals surface area (Å²) in [6.07, 6.45) is 0. The normalized spacial score (nSPS) is 11.2. The Morgan fingerprint density at radius 3 is 2.07 bits per heavy atom. The summed E-state index contributed by atoms with van der Waals surface area (Å²) in [5, 5.41) is 0.848. The number of methoxy groups -OCH3 is 1. The molecule has 29 heavy (non-hydrogen) atoms. The fourth-order valence-corrected chi connectivity index (χ4v) is 4.90. The standard InChI is InChI=1S/C24H25NO3Si/c1-16-15-20(17-11-7-6-8-12-17)21(23(25-16)29(3,4)5)22(26)18-13-9-10-14-19(18)24(27)28-2/h6-15H,1-5H3. The molecule has 0 unspecified atom stereocenters. The molecule has 0 aliphatic carbocycles. The van der Waals surface area contributed by atoms with Crippen molar-refractivity contribution in [1.82, 2.24) is 4.98 Å². The van der Waals surface area contributed by atoms with Gasteiger partial charge in [-0.1, -0.05) is 68.2 Å². The van der Waals surface area contributed by atoms with Crippen LogP contribution < -0.4 is 5.32 Å². The van der Waals surface area contributed by atoms with Gasteiger partial charge in [-0.2, -0.15) is 0 Å². The molecular formula is C24H25NO3Si. The average molecular weight is 404 g/mol. The molecule has 1 heterocycles. The van der Waals surface area contributed by atoms with E-state index in [4.69, 9.17) is 9.72 Å². The minimum Gasteiger partial charge on any atom is -0.465 e. The van der Waals surface area contributed by atoms with Crippen LogP contribution in [0, 0.1) is 6.92 Å². The lowest BCUT2D eigenvalue weighted by molar-refractivity contribution is 0.0597. The van der Waals surface area contributed by atoms with Crippen LogP contribution in [-0.2, 0) is 4.74 Å². The van der Waals surface area contributed by atoms with Gasteiger partial charge in [0.15, 0.2) is 5.78 Å². The van der Waals surface area contributed by atoms with Crippen molar-refractivity contribution in [1.29, 1.82) is 0 Å². The Morgan fingerprint density at radius 1 is 0.897 bits per heavy atom. The van der Waals surface area contributed by atoms with Gasteiger partial charge in [0.1, 0.15) is 8.07 Å². The van der Waals surface area contributed by atoms with Crippen LogP contribution in [0.15, 0.2) is 60.7 Å². The van der Waals surface area contributed by atoms with E-state index in [-0.39, 0.29) is 11.3 Å². The summed E-state index contributed by atoms with van der Waals surface area (Å²) in [5.41, 5.74) is 3.86. The number of rotatable bonds is 5. The first-order valence-electron chi connectivity index (χ1n) is 9.53. The number of hydrogen-bond donors (Lipinski definition) is 0. The lowest BCUT2D eigenvalue weighted by atomic mass is 9.92. The van der Waals surface area contributed by atoms with Gasteiger partial charge < -0.3 is 4.74 Å². The molecule has 0 saturated carbocycles. The van der Waals surface area contributed by atoms with Gasteiger partial charge in [-0.15, -0.1) is 0 Å². The van der Waals surface area contributed by atoms with Crippen molar-refractivity contribution < 1.29 is 14.3 Å². The molecule has 0 spiro atoms. The number of hydrogen-bond acceptors (Lipinski definition) is 4. The number of pyridine rings is 1. The average Bonchev–Trinajstić information content (AvgIpc) is 2.72. The van der Waals surface area contributed by atoms with E-state index in [1.54, 1.807) is 24.3 Å². The summed E-state index contributed by atoms with van der Waals surface area (Å²) < 4.78 is 4.90. The van der Waals surface area contributed by atoms with Crippen LogP contribution in [-0.4, -0.2) is 31.9 Å². The van der Waals surface area contributed by atoms with Gasteiger partial charge in [0.05, 0.1) is 12.7 Å². The van der Waals surface area contributed by atoms with Gasteiger partial charge in [-0.05, 0) is 30.2 Å². The second-order valence-corrected chi connectivity index (χ2v) is 13.0. The molecule has 0 saturated heterocycles. The van der Waals surface area contributed by atoms with Gasteiger partial charge in [0.2, 0.25) is 0 Å². The van der Waals surface area contributed by atoms with Crippen LogP contribution in [0.25, 0.3) is 11.1 Å². The van der Waals surface area contributed by atoms with Gasteiger partial charge in [0.25, 0.3) is 0 Å². The smallest absolute Gasteiger partial charge is 0.338 e. The fraction of sp³-hybridized carbons (Fsp3) is 0.208. The Morgan fingerprint density at radius 2 is 1.48 bits per heavy atom. The first-order chi connectivity index (χ1) is 13.7. The number of aromatic nitrogens is 1. The SMILES string of the molecule is COC(=O)c1ccccc1C(=O)c1c(-c2ccccc2)cc(C)nc1[Si](C)(C)C. The minimum absolute atomic E-state index is 0.199. The molecule has 0 N–H and O–H groups in total. The Balaban J connectivity index is 2.34. The number of carbonyl (C=O) groups is 2. The Hall–Kier alpha value is -3.05. The first kappa shape index (κ1) is 20.7. The van der Waals surface area contributed by atoms with Crippen molar-refractivity contribution in [2.24, 2.45) is 0 Å². The fourth-order valence-electron chi connectivity index (χ4n) is 3.39. The third-order valence-corrected chi connectivity index (χ3v) is 6.53. The Kier molecular flexibility index (Phi) is 5.80. The summed E-state index contributed by atoms with van der Waals surface area (Å²) in [7, 11) is -0.651. The first-order valence-corrected chi connectivity index (χ1v) is 13.0. The number of aryl methyl sites for hydroxylation is 1. The molecule has 148 valence electrons. The van der Waals surface area contributed by atoms with Crippen molar-refractivity contribution in [3.8, 4) is 11.1 Å². The highest BCUT2D eigenvalue weighted by atomic mass is 28.3. The lowest BCUT2D eigenvalue weighted by Gasteiger charge is -2.23. The maximum Gasteiger partial charge on any atom is 0.338 e. The number of esters is 1. The summed E-state index contributed by atoms with van der Waals surface area (Å²) in [5.74, 6) is -0.723.